The lowest BCUT2D eigenvalue weighted by atomic mass is 9.80. The summed E-state index contributed by atoms with van der Waals surface area (Å²) in [6.45, 7) is 10.6. The van der Waals surface area contributed by atoms with Gasteiger partial charge in [-0.1, -0.05) is 58.0 Å². The van der Waals surface area contributed by atoms with Gasteiger partial charge in [0, 0.05) is 26.1 Å². The fraction of sp³-hybridized carbons (Fsp3) is 0.611. The van der Waals surface area contributed by atoms with Crippen LogP contribution in [-0.4, -0.2) is 30.4 Å². The van der Waals surface area contributed by atoms with E-state index < -0.39 is 0 Å². The highest BCUT2D eigenvalue weighted by molar-refractivity contribution is 5.76. The van der Waals surface area contributed by atoms with Crippen LogP contribution in [0.1, 0.15) is 39.7 Å². The Kier molecular flexibility index (Phi) is 6.90. The minimum Gasteiger partial charge on any atom is -0.341 e. The third-order valence-corrected chi connectivity index (χ3v) is 4.22. The summed E-state index contributed by atoms with van der Waals surface area (Å²) in [5.41, 5.74) is 7.08. The fourth-order valence-corrected chi connectivity index (χ4v) is 2.12. The number of nitrogens with zero attached hydrogens (tertiary/aromatic N) is 1. The largest absolute Gasteiger partial charge is 0.341 e. The SMILES string of the molecule is CC(CC(=O)N(CCN)CCc1ccccc1)C(C)(C)C. The predicted molar refractivity (Wildman–Crippen MR) is 89.0 cm³/mol. The second-order valence-corrected chi connectivity index (χ2v) is 6.88. The van der Waals surface area contributed by atoms with Gasteiger partial charge >= 0.3 is 0 Å². The molecule has 1 aromatic carbocycles. The van der Waals surface area contributed by atoms with E-state index in [1.165, 1.54) is 5.56 Å². The fourth-order valence-electron chi connectivity index (χ4n) is 2.12. The molecule has 2 N–H and O–H groups in total. The number of carbonyl (C=O) groups excluding carboxylic acids is 1. The van der Waals surface area contributed by atoms with Crippen LogP contribution < -0.4 is 5.73 Å². The average Bonchev–Trinajstić information content (AvgIpc) is 2.43. The molecule has 0 heterocycles. The van der Waals surface area contributed by atoms with Gasteiger partial charge in [0.15, 0.2) is 0 Å². The molecular formula is C18H30N2O. The van der Waals surface area contributed by atoms with Crippen molar-refractivity contribution < 1.29 is 4.79 Å². The number of hydrogen-bond donors (Lipinski definition) is 1. The van der Waals surface area contributed by atoms with E-state index in [0.29, 0.717) is 25.4 Å². The Morgan fingerprint density at radius 1 is 1.19 bits per heavy atom. The number of amides is 1. The third kappa shape index (κ3) is 6.30. The Morgan fingerprint density at radius 3 is 2.33 bits per heavy atom. The second kappa shape index (κ2) is 8.18. The first kappa shape index (κ1) is 17.7. The van der Waals surface area contributed by atoms with Crippen LogP contribution in [0.2, 0.25) is 0 Å². The summed E-state index contributed by atoms with van der Waals surface area (Å²) in [6, 6.07) is 10.3. The lowest BCUT2D eigenvalue weighted by molar-refractivity contribution is -0.132. The van der Waals surface area contributed by atoms with E-state index in [0.717, 1.165) is 13.0 Å². The summed E-state index contributed by atoms with van der Waals surface area (Å²) in [6.07, 6.45) is 1.48. The summed E-state index contributed by atoms with van der Waals surface area (Å²) < 4.78 is 0. The molecule has 0 saturated carbocycles. The Labute approximate surface area is 129 Å². The minimum atomic E-state index is 0.156. The van der Waals surface area contributed by atoms with Gasteiger partial charge in [-0.2, -0.15) is 0 Å². The summed E-state index contributed by atoms with van der Waals surface area (Å²) in [7, 11) is 0. The lowest BCUT2D eigenvalue weighted by Gasteiger charge is -2.30. The van der Waals surface area contributed by atoms with Crippen LogP contribution in [0.3, 0.4) is 0 Å². The van der Waals surface area contributed by atoms with Gasteiger partial charge in [-0.25, -0.2) is 0 Å². The van der Waals surface area contributed by atoms with Crippen molar-refractivity contribution in [3.8, 4) is 0 Å². The van der Waals surface area contributed by atoms with Gasteiger partial charge in [0.05, 0.1) is 0 Å². The zero-order chi connectivity index (χ0) is 15.9. The van der Waals surface area contributed by atoms with E-state index in [2.05, 4.69) is 39.8 Å². The number of benzene rings is 1. The monoisotopic (exact) mass is 290 g/mol. The van der Waals surface area contributed by atoms with Crippen molar-refractivity contribution in [2.24, 2.45) is 17.1 Å². The zero-order valence-corrected chi connectivity index (χ0v) is 13.9. The van der Waals surface area contributed by atoms with Crippen molar-refractivity contribution in [1.82, 2.24) is 4.90 Å². The molecule has 3 heteroatoms. The predicted octanol–water partition coefficient (Wildman–Crippen LogP) is 3.09. The van der Waals surface area contributed by atoms with Crippen LogP contribution in [0.5, 0.6) is 0 Å². The topological polar surface area (TPSA) is 46.3 Å². The van der Waals surface area contributed by atoms with Gasteiger partial charge in [0.1, 0.15) is 0 Å². The van der Waals surface area contributed by atoms with E-state index in [-0.39, 0.29) is 11.3 Å². The van der Waals surface area contributed by atoms with Gasteiger partial charge < -0.3 is 10.6 Å². The molecule has 1 amide bonds. The van der Waals surface area contributed by atoms with Gasteiger partial charge in [-0.05, 0) is 23.3 Å². The van der Waals surface area contributed by atoms with Crippen LogP contribution >= 0.6 is 0 Å². The first-order chi connectivity index (χ1) is 9.84. The lowest BCUT2D eigenvalue weighted by Crippen LogP contribution is -2.38. The van der Waals surface area contributed by atoms with Crippen LogP contribution in [0.4, 0.5) is 0 Å². The third-order valence-electron chi connectivity index (χ3n) is 4.22. The van der Waals surface area contributed by atoms with Crippen molar-refractivity contribution in [2.75, 3.05) is 19.6 Å². The van der Waals surface area contributed by atoms with E-state index in [4.69, 9.17) is 5.73 Å². The van der Waals surface area contributed by atoms with Crippen molar-refractivity contribution in [3.05, 3.63) is 35.9 Å². The maximum atomic E-state index is 12.5. The maximum absolute atomic E-state index is 12.5. The highest BCUT2D eigenvalue weighted by Crippen LogP contribution is 2.28. The molecule has 0 bridgehead atoms. The van der Waals surface area contributed by atoms with Crippen LogP contribution in [0.15, 0.2) is 30.3 Å². The highest BCUT2D eigenvalue weighted by atomic mass is 16.2. The number of rotatable bonds is 7. The zero-order valence-electron chi connectivity index (χ0n) is 13.9. The second-order valence-electron chi connectivity index (χ2n) is 6.88. The quantitative estimate of drug-likeness (QED) is 0.839. The molecule has 3 nitrogen and oxygen atoms in total. The molecule has 21 heavy (non-hydrogen) atoms. The van der Waals surface area contributed by atoms with E-state index >= 15 is 0 Å². The molecule has 1 unspecified atom stereocenters. The Morgan fingerprint density at radius 2 is 1.81 bits per heavy atom. The van der Waals surface area contributed by atoms with Gasteiger partial charge in [0.25, 0.3) is 0 Å². The van der Waals surface area contributed by atoms with Crippen molar-refractivity contribution in [3.63, 3.8) is 0 Å². The molecular weight excluding hydrogens is 260 g/mol. The number of carbonyl (C=O) groups is 1. The van der Waals surface area contributed by atoms with Crippen molar-refractivity contribution in [2.45, 2.75) is 40.5 Å². The summed E-state index contributed by atoms with van der Waals surface area (Å²) in [5.74, 6) is 0.584. The van der Waals surface area contributed by atoms with Crippen LogP contribution in [0, 0.1) is 11.3 Å². The molecule has 0 radical (unpaired) electrons. The molecule has 0 fully saturated rings. The maximum Gasteiger partial charge on any atom is 0.222 e. The Hall–Kier alpha value is -1.35. The van der Waals surface area contributed by atoms with Crippen LogP contribution in [-0.2, 0) is 11.2 Å². The Bertz CT molecular complexity index is 423. The molecule has 0 aliphatic heterocycles. The molecule has 118 valence electrons. The summed E-state index contributed by atoms with van der Waals surface area (Å²) >= 11 is 0. The molecule has 0 aromatic heterocycles. The van der Waals surface area contributed by atoms with E-state index in [1.54, 1.807) is 0 Å². The Balaban J connectivity index is 2.57. The van der Waals surface area contributed by atoms with Crippen molar-refractivity contribution in [1.29, 1.82) is 0 Å². The van der Waals surface area contributed by atoms with E-state index in [9.17, 15) is 4.79 Å². The molecule has 1 aromatic rings. The normalized spacial score (nSPS) is 13.0. The van der Waals surface area contributed by atoms with Gasteiger partial charge in [0.2, 0.25) is 5.91 Å². The van der Waals surface area contributed by atoms with E-state index in [1.807, 2.05) is 23.1 Å². The van der Waals surface area contributed by atoms with Crippen molar-refractivity contribution >= 4 is 5.91 Å². The molecule has 0 aliphatic carbocycles. The molecule has 0 aliphatic rings. The first-order valence-corrected chi connectivity index (χ1v) is 7.86. The van der Waals surface area contributed by atoms with Gasteiger partial charge in [-0.15, -0.1) is 0 Å². The van der Waals surface area contributed by atoms with Gasteiger partial charge in [-0.3, -0.25) is 4.79 Å². The number of hydrogen-bond acceptors (Lipinski definition) is 2. The van der Waals surface area contributed by atoms with Crippen LogP contribution in [0.25, 0.3) is 0 Å². The standard InChI is InChI=1S/C18H30N2O/c1-15(18(2,3)4)14-17(21)20(13-11-19)12-10-16-8-6-5-7-9-16/h5-9,15H,10-14,19H2,1-4H3. The minimum absolute atomic E-state index is 0.156. The molecule has 0 saturated heterocycles. The first-order valence-electron chi connectivity index (χ1n) is 7.86. The number of nitrogens with two attached hydrogens (primary N) is 1. The smallest absolute Gasteiger partial charge is 0.222 e. The molecule has 0 spiro atoms. The molecule has 1 rings (SSSR count). The summed E-state index contributed by atoms with van der Waals surface area (Å²) in [5, 5.41) is 0. The average molecular weight is 290 g/mol. The molecule has 1 atom stereocenters. The summed E-state index contributed by atoms with van der Waals surface area (Å²) in [4.78, 5) is 14.4. The highest BCUT2D eigenvalue weighted by Gasteiger charge is 2.24.